The van der Waals surface area contributed by atoms with Crippen LogP contribution in [0, 0.1) is 58.2 Å². The quantitative estimate of drug-likeness (QED) is 0.0965. The SMILES string of the molecule is Fc1ccc(-c2c3c(F)c(F)c(F)c(F)c3c(-c3ccccc3)c3c(F)c(F)c(F)c(F)c23)cc1F. The number of fused-ring (bicyclic) bond motifs is 2. The normalized spacial score (nSPS) is 11.6. The van der Waals surface area contributed by atoms with Gasteiger partial charge in [0.05, 0.1) is 0 Å². The number of rotatable bonds is 2. The molecule has 5 aromatic carbocycles. The van der Waals surface area contributed by atoms with Crippen LogP contribution in [0.5, 0.6) is 0 Å². The highest BCUT2D eigenvalue weighted by molar-refractivity contribution is 6.22. The van der Waals surface area contributed by atoms with Crippen molar-refractivity contribution in [2.75, 3.05) is 0 Å². The summed E-state index contributed by atoms with van der Waals surface area (Å²) in [4.78, 5) is 0. The van der Waals surface area contributed by atoms with E-state index >= 15 is 17.6 Å². The van der Waals surface area contributed by atoms with Crippen molar-refractivity contribution in [2.24, 2.45) is 0 Å². The third-order valence-electron chi connectivity index (χ3n) is 5.80. The van der Waals surface area contributed by atoms with Gasteiger partial charge in [-0.3, -0.25) is 0 Å². The zero-order valence-electron chi connectivity index (χ0n) is 17.4. The fourth-order valence-corrected chi connectivity index (χ4v) is 4.29. The van der Waals surface area contributed by atoms with Crippen LogP contribution in [0.4, 0.5) is 43.9 Å². The van der Waals surface area contributed by atoms with Crippen LogP contribution >= 0.6 is 0 Å². The average Bonchev–Trinajstić information content (AvgIpc) is 2.88. The summed E-state index contributed by atoms with van der Waals surface area (Å²) in [6, 6.07) is 7.96. The summed E-state index contributed by atoms with van der Waals surface area (Å²) in [7, 11) is 0. The molecule has 182 valence electrons. The molecular formula is C26H8F10. The van der Waals surface area contributed by atoms with Crippen LogP contribution in [0.2, 0.25) is 0 Å². The lowest BCUT2D eigenvalue weighted by molar-refractivity contribution is 0.416. The van der Waals surface area contributed by atoms with E-state index in [1.165, 1.54) is 30.3 Å². The predicted molar refractivity (Wildman–Crippen MR) is 112 cm³/mol. The Balaban J connectivity index is 2.24. The zero-order chi connectivity index (χ0) is 26.0. The molecule has 0 aliphatic carbocycles. The summed E-state index contributed by atoms with van der Waals surface area (Å²) in [5.41, 5.74) is -2.78. The van der Waals surface area contributed by atoms with Crippen molar-refractivity contribution in [2.45, 2.75) is 0 Å². The summed E-state index contributed by atoms with van der Waals surface area (Å²) in [5.74, 6) is -20.7. The molecule has 0 spiro atoms. The second kappa shape index (κ2) is 8.25. The molecule has 0 saturated carbocycles. The molecule has 0 aromatic heterocycles. The van der Waals surface area contributed by atoms with Gasteiger partial charge in [0, 0.05) is 32.7 Å². The van der Waals surface area contributed by atoms with Gasteiger partial charge in [0.1, 0.15) is 0 Å². The number of hydrogen-bond acceptors (Lipinski definition) is 0. The molecular weight excluding hydrogens is 502 g/mol. The van der Waals surface area contributed by atoms with Crippen LogP contribution in [0.1, 0.15) is 0 Å². The maximum Gasteiger partial charge on any atom is 0.198 e. The molecule has 0 bridgehead atoms. The highest BCUT2D eigenvalue weighted by Gasteiger charge is 2.33. The maximum atomic E-state index is 15.3. The first-order valence-corrected chi connectivity index (χ1v) is 10.0. The molecule has 36 heavy (non-hydrogen) atoms. The highest BCUT2D eigenvalue weighted by Crippen LogP contribution is 2.49. The topological polar surface area (TPSA) is 0 Å². The van der Waals surface area contributed by atoms with Crippen molar-refractivity contribution in [3.63, 3.8) is 0 Å². The van der Waals surface area contributed by atoms with E-state index in [0.717, 1.165) is 0 Å². The molecule has 0 aliphatic rings. The van der Waals surface area contributed by atoms with Gasteiger partial charge in [-0.15, -0.1) is 0 Å². The molecule has 0 saturated heterocycles. The lowest BCUT2D eigenvalue weighted by Crippen LogP contribution is -2.06. The van der Waals surface area contributed by atoms with E-state index in [1.54, 1.807) is 0 Å². The molecule has 0 fully saturated rings. The van der Waals surface area contributed by atoms with Gasteiger partial charge in [-0.2, -0.15) is 0 Å². The first-order chi connectivity index (χ1) is 17.1. The van der Waals surface area contributed by atoms with Crippen molar-refractivity contribution < 1.29 is 43.9 Å². The van der Waals surface area contributed by atoms with Crippen LogP contribution in [-0.4, -0.2) is 0 Å². The summed E-state index contributed by atoms with van der Waals surface area (Å²) in [6.07, 6.45) is 0. The van der Waals surface area contributed by atoms with Crippen molar-refractivity contribution >= 4 is 21.5 Å². The van der Waals surface area contributed by atoms with E-state index in [1.807, 2.05) is 0 Å². The molecule has 5 rings (SSSR count). The smallest absolute Gasteiger partial charge is 0.198 e. The molecule has 0 aliphatic heterocycles. The van der Waals surface area contributed by atoms with Crippen LogP contribution in [0.25, 0.3) is 43.8 Å². The fraction of sp³-hybridized carbons (Fsp3) is 0. The molecule has 0 amide bonds. The Morgan fingerprint density at radius 2 is 0.722 bits per heavy atom. The summed E-state index contributed by atoms with van der Waals surface area (Å²) in [5, 5.41) is -4.77. The molecule has 0 radical (unpaired) electrons. The minimum absolute atomic E-state index is 0.224. The van der Waals surface area contributed by atoms with Gasteiger partial charge in [-0.25, -0.2) is 43.9 Å². The monoisotopic (exact) mass is 510 g/mol. The van der Waals surface area contributed by atoms with Crippen molar-refractivity contribution in [1.82, 2.24) is 0 Å². The van der Waals surface area contributed by atoms with E-state index in [4.69, 9.17) is 0 Å². The minimum Gasteiger partial charge on any atom is -0.204 e. The molecule has 0 nitrogen and oxygen atoms in total. The third-order valence-corrected chi connectivity index (χ3v) is 5.80. The number of benzene rings is 5. The second-order valence-corrected chi connectivity index (χ2v) is 7.76. The van der Waals surface area contributed by atoms with Crippen LogP contribution in [-0.2, 0) is 0 Å². The van der Waals surface area contributed by atoms with Gasteiger partial charge >= 0.3 is 0 Å². The minimum atomic E-state index is -2.36. The third kappa shape index (κ3) is 3.16. The number of hydrogen-bond donors (Lipinski definition) is 0. The van der Waals surface area contributed by atoms with Gasteiger partial charge in [0.15, 0.2) is 58.2 Å². The second-order valence-electron chi connectivity index (χ2n) is 7.76. The standard InChI is InChI=1S/C26H8F10/c27-11-7-6-10(8-12(11)28)14-17-15(19(29)23(33)25(35)21(17)31)13(9-4-2-1-3-5-9)16-18(14)22(32)26(36)24(34)20(16)30/h1-8H. The van der Waals surface area contributed by atoms with Gasteiger partial charge in [0.25, 0.3) is 0 Å². The summed E-state index contributed by atoms with van der Waals surface area (Å²) >= 11 is 0. The van der Waals surface area contributed by atoms with Gasteiger partial charge in [0.2, 0.25) is 0 Å². The summed E-state index contributed by atoms with van der Waals surface area (Å²) < 4.78 is 146. The fourth-order valence-electron chi connectivity index (χ4n) is 4.29. The van der Waals surface area contributed by atoms with E-state index < -0.39 is 96.4 Å². The lowest BCUT2D eigenvalue weighted by atomic mass is 9.84. The van der Waals surface area contributed by atoms with Gasteiger partial charge in [-0.1, -0.05) is 36.4 Å². The first kappa shape index (κ1) is 23.7. The van der Waals surface area contributed by atoms with Crippen molar-refractivity contribution in [3.05, 3.63) is 107 Å². The molecule has 0 atom stereocenters. The molecule has 5 aromatic rings. The first-order valence-electron chi connectivity index (χ1n) is 10.0. The molecule has 0 N–H and O–H groups in total. The molecule has 10 heteroatoms. The Kier molecular flexibility index (Phi) is 5.42. The molecule has 0 heterocycles. The molecule has 0 unspecified atom stereocenters. The van der Waals surface area contributed by atoms with Gasteiger partial charge in [-0.05, 0) is 23.3 Å². The van der Waals surface area contributed by atoms with E-state index in [-0.39, 0.29) is 5.56 Å². The Morgan fingerprint density at radius 1 is 0.333 bits per heavy atom. The van der Waals surface area contributed by atoms with Gasteiger partial charge < -0.3 is 0 Å². The highest BCUT2D eigenvalue weighted by atomic mass is 19.2. The van der Waals surface area contributed by atoms with E-state index in [2.05, 4.69) is 0 Å². The Hall–Kier alpha value is -4.08. The summed E-state index contributed by atoms with van der Waals surface area (Å²) in [6.45, 7) is 0. The Bertz CT molecular complexity index is 1650. The average molecular weight is 510 g/mol. The lowest BCUT2D eigenvalue weighted by Gasteiger charge is -2.20. The maximum absolute atomic E-state index is 15.3. The number of halogens is 10. The van der Waals surface area contributed by atoms with Crippen LogP contribution < -0.4 is 0 Å². The van der Waals surface area contributed by atoms with Crippen molar-refractivity contribution in [3.8, 4) is 22.3 Å². The largest absolute Gasteiger partial charge is 0.204 e. The van der Waals surface area contributed by atoms with E-state index in [9.17, 15) is 26.3 Å². The zero-order valence-corrected chi connectivity index (χ0v) is 17.4. The van der Waals surface area contributed by atoms with Crippen LogP contribution in [0.15, 0.2) is 48.5 Å². The Morgan fingerprint density at radius 3 is 1.11 bits per heavy atom. The Labute approximate surface area is 195 Å². The van der Waals surface area contributed by atoms with E-state index in [0.29, 0.717) is 18.2 Å². The van der Waals surface area contributed by atoms with Crippen molar-refractivity contribution in [1.29, 1.82) is 0 Å². The van der Waals surface area contributed by atoms with Crippen LogP contribution in [0.3, 0.4) is 0 Å². The predicted octanol–water partition coefficient (Wildman–Crippen LogP) is 8.72.